The van der Waals surface area contributed by atoms with Gasteiger partial charge in [-0.05, 0) is 86.0 Å². The van der Waals surface area contributed by atoms with E-state index in [4.69, 9.17) is 0 Å². The van der Waals surface area contributed by atoms with E-state index in [0.717, 1.165) is 55.8 Å². The van der Waals surface area contributed by atoms with Gasteiger partial charge in [0.1, 0.15) is 0 Å². The fraction of sp³-hybridized carbons (Fsp3) is 0.857. The summed E-state index contributed by atoms with van der Waals surface area (Å²) < 4.78 is 0. The summed E-state index contributed by atoms with van der Waals surface area (Å²) in [5, 5.41) is 10.7. The van der Waals surface area contributed by atoms with Gasteiger partial charge in [0.2, 0.25) is 0 Å². The van der Waals surface area contributed by atoms with Crippen LogP contribution < -0.4 is 0 Å². The average Bonchev–Trinajstić information content (AvgIpc) is 2.90. The molecule has 23 heavy (non-hydrogen) atoms. The van der Waals surface area contributed by atoms with Crippen LogP contribution in [0.25, 0.3) is 0 Å². The van der Waals surface area contributed by atoms with E-state index in [1.54, 1.807) is 0 Å². The third-order valence-corrected chi connectivity index (χ3v) is 8.32. The maximum atomic E-state index is 11.9. The average molecular weight is 316 g/mol. The highest BCUT2D eigenvalue weighted by Crippen LogP contribution is 2.64. The van der Waals surface area contributed by atoms with Gasteiger partial charge in [-0.2, -0.15) is 0 Å². The van der Waals surface area contributed by atoms with Crippen LogP contribution in [0.2, 0.25) is 0 Å². The number of carbonyl (C=O) groups is 1. The smallest absolute Gasteiger partial charge is 0.155 e. The Morgan fingerprint density at radius 3 is 2.78 bits per heavy atom. The molecule has 1 N–H and O–H groups in total. The van der Waals surface area contributed by atoms with E-state index < -0.39 is 0 Å². The second-order valence-electron chi connectivity index (χ2n) is 8.77. The molecule has 4 aliphatic rings. The Kier molecular flexibility index (Phi) is 3.95. The first-order valence-corrected chi connectivity index (χ1v) is 10.0. The third kappa shape index (κ3) is 2.20. The van der Waals surface area contributed by atoms with Crippen molar-refractivity contribution in [3.63, 3.8) is 0 Å². The van der Waals surface area contributed by atoms with E-state index in [1.165, 1.54) is 31.3 Å². The number of hydrogen-bond donors (Lipinski definition) is 1. The minimum Gasteiger partial charge on any atom is -0.393 e. The molecule has 0 aromatic rings. The van der Waals surface area contributed by atoms with Crippen molar-refractivity contribution in [2.24, 2.45) is 35.0 Å². The van der Waals surface area contributed by atoms with E-state index in [2.05, 4.69) is 13.8 Å². The number of allylic oxidation sites excluding steroid dienone is 1. The van der Waals surface area contributed by atoms with Crippen LogP contribution in [-0.4, -0.2) is 17.0 Å². The fourth-order valence-corrected chi connectivity index (χ4v) is 7.26. The Morgan fingerprint density at radius 1 is 1.22 bits per heavy atom. The quantitative estimate of drug-likeness (QED) is 0.813. The van der Waals surface area contributed by atoms with Crippen LogP contribution in [0.5, 0.6) is 0 Å². The van der Waals surface area contributed by atoms with Crippen molar-refractivity contribution in [1.82, 2.24) is 0 Å². The Bertz CT molecular complexity index is 522. The van der Waals surface area contributed by atoms with Gasteiger partial charge in [0.15, 0.2) is 5.78 Å². The second kappa shape index (κ2) is 5.72. The van der Waals surface area contributed by atoms with Gasteiger partial charge in [0.05, 0.1) is 6.10 Å². The van der Waals surface area contributed by atoms with Crippen molar-refractivity contribution in [3.05, 3.63) is 11.6 Å². The molecule has 4 rings (SSSR count). The standard InChI is InChI=1S/C21H32O2/c1-3-13-11-14-12-15(22)5-6-16(14)17-9-10-21(4-2)18(20(13)17)7-8-19(21)23/h12-13,16-20,23H,3-11H2,1-2H3/t13-,16+,17-,18+,19+,20-,21?/m1/s1. The predicted octanol–water partition coefficient (Wildman–Crippen LogP) is 4.52. The topological polar surface area (TPSA) is 37.3 Å². The third-order valence-electron chi connectivity index (χ3n) is 8.32. The van der Waals surface area contributed by atoms with Crippen LogP contribution >= 0.6 is 0 Å². The summed E-state index contributed by atoms with van der Waals surface area (Å²) in [6.07, 6.45) is 12.1. The molecule has 2 heteroatoms. The zero-order valence-electron chi connectivity index (χ0n) is 14.8. The first kappa shape index (κ1) is 15.9. The monoisotopic (exact) mass is 316 g/mol. The molecule has 4 aliphatic carbocycles. The maximum absolute atomic E-state index is 11.9. The van der Waals surface area contributed by atoms with E-state index in [-0.39, 0.29) is 11.5 Å². The van der Waals surface area contributed by atoms with E-state index in [0.29, 0.717) is 11.7 Å². The maximum Gasteiger partial charge on any atom is 0.155 e. The van der Waals surface area contributed by atoms with Crippen LogP contribution in [0.4, 0.5) is 0 Å². The summed E-state index contributed by atoms with van der Waals surface area (Å²) in [6, 6.07) is 0. The van der Waals surface area contributed by atoms with Crippen LogP contribution in [0, 0.1) is 35.0 Å². The van der Waals surface area contributed by atoms with Gasteiger partial charge in [0.25, 0.3) is 0 Å². The molecule has 0 spiro atoms. The zero-order valence-corrected chi connectivity index (χ0v) is 14.8. The largest absolute Gasteiger partial charge is 0.393 e. The highest BCUT2D eigenvalue weighted by Gasteiger charge is 2.59. The number of aliphatic hydroxyl groups excluding tert-OH is 1. The molecule has 0 radical (unpaired) electrons. The van der Waals surface area contributed by atoms with Crippen molar-refractivity contribution < 1.29 is 9.90 Å². The minimum absolute atomic E-state index is 0.0687. The second-order valence-corrected chi connectivity index (χ2v) is 8.77. The molecule has 3 fully saturated rings. The predicted molar refractivity (Wildman–Crippen MR) is 91.9 cm³/mol. The molecule has 0 aromatic carbocycles. The summed E-state index contributed by atoms with van der Waals surface area (Å²) in [7, 11) is 0. The molecule has 0 heterocycles. The summed E-state index contributed by atoms with van der Waals surface area (Å²) in [4.78, 5) is 11.9. The first-order valence-electron chi connectivity index (χ1n) is 10.0. The summed E-state index contributed by atoms with van der Waals surface area (Å²) in [6.45, 7) is 4.64. The summed E-state index contributed by atoms with van der Waals surface area (Å²) in [5.74, 6) is 4.07. The van der Waals surface area contributed by atoms with Gasteiger partial charge in [0, 0.05) is 6.42 Å². The van der Waals surface area contributed by atoms with Gasteiger partial charge < -0.3 is 5.11 Å². The van der Waals surface area contributed by atoms with Crippen LogP contribution in [0.3, 0.4) is 0 Å². The normalized spacial score (nSPS) is 49.2. The van der Waals surface area contributed by atoms with E-state index >= 15 is 0 Å². The molecule has 128 valence electrons. The molecule has 7 atom stereocenters. The van der Waals surface area contributed by atoms with Crippen LogP contribution in [0.1, 0.15) is 71.6 Å². The van der Waals surface area contributed by atoms with E-state index in [1.807, 2.05) is 6.08 Å². The number of ketones is 1. The van der Waals surface area contributed by atoms with Crippen molar-refractivity contribution in [2.45, 2.75) is 77.7 Å². The lowest BCUT2D eigenvalue weighted by atomic mass is 9.48. The molecule has 1 unspecified atom stereocenters. The molecular formula is C21H32O2. The van der Waals surface area contributed by atoms with Crippen molar-refractivity contribution in [3.8, 4) is 0 Å². The highest BCUT2D eigenvalue weighted by molar-refractivity contribution is 5.91. The molecule has 0 saturated heterocycles. The Balaban J connectivity index is 1.70. The van der Waals surface area contributed by atoms with Crippen molar-refractivity contribution >= 4 is 5.78 Å². The zero-order chi connectivity index (χ0) is 16.2. The van der Waals surface area contributed by atoms with Gasteiger partial charge >= 0.3 is 0 Å². The van der Waals surface area contributed by atoms with Gasteiger partial charge in [-0.1, -0.05) is 25.8 Å². The fourth-order valence-electron chi connectivity index (χ4n) is 7.26. The first-order chi connectivity index (χ1) is 11.1. The van der Waals surface area contributed by atoms with Gasteiger partial charge in [-0.25, -0.2) is 0 Å². The molecule has 0 amide bonds. The van der Waals surface area contributed by atoms with Crippen LogP contribution in [0.15, 0.2) is 11.6 Å². The molecular weight excluding hydrogens is 284 g/mol. The Hall–Kier alpha value is -0.630. The molecule has 0 aliphatic heterocycles. The molecule has 0 bridgehead atoms. The lowest BCUT2D eigenvalue weighted by molar-refractivity contribution is -0.117. The van der Waals surface area contributed by atoms with Crippen LogP contribution in [-0.2, 0) is 4.79 Å². The Morgan fingerprint density at radius 2 is 2.04 bits per heavy atom. The molecule has 3 saturated carbocycles. The lowest BCUT2D eigenvalue weighted by Gasteiger charge is -2.57. The summed E-state index contributed by atoms with van der Waals surface area (Å²) >= 11 is 0. The number of rotatable bonds is 2. The SMILES string of the molecule is CC[C@@H]1CC2=CC(=O)CC[C@@H]2[C@H]2CCC3(CC)[C@@H](O)CC[C@H]3[C@H]12. The van der Waals surface area contributed by atoms with E-state index in [9.17, 15) is 9.90 Å². The van der Waals surface area contributed by atoms with Gasteiger partial charge in [-0.3, -0.25) is 4.79 Å². The number of hydrogen-bond acceptors (Lipinski definition) is 2. The number of aliphatic hydroxyl groups is 1. The van der Waals surface area contributed by atoms with Crippen molar-refractivity contribution in [2.75, 3.05) is 0 Å². The highest BCUT2D eigenvalue weighted by atomic mass is 16.3. The Labute approximate surface area is 140 Å². The minimum atomic E-state index is -0.0687. The van der Waals surface area contributed by atoms with Gasteiger partial charge in [-0.15, -0.1) is 0 Å². The molecule has 0 aromatic heterocycles. The summed E-state index contributed by atoms with van der Waals surface area (Å²) in [5.41, 5.74) is 1.69. The van der Waals surface area contributed by atoms with Crippen molar-refractivity contribution in [1.29, 1.82) is 0 Å². The molecule has 2 nitrogen and oxygen atoms in total. The lowest BCUT2D eigenvalue weighted by Crippen LogP contribution is -2.51. The number of fused-ring (bicyclic) bond motifs is 5. The number of carbonyl (C=O) groups excluding carboxylic acids is 1.